The molecule has 28 heavy (non-hydrogen) atoms. The number of rotatable bonds is 5. The number of aromatic hydroxyl groups is 1. The Hall–Kier alpha value is -3.41. The van der Waals surface area contributed by atoms with E-state index >= 15 is 0 Å². The number of hydrogen-bond donors (Lipinski definition) is 3. The van der Waals surface area contributed by atoms with Crippen molar-refractivity contribution in [2.24, 2.45) is 0 Å². The van der Waals surface area contributed by atoms with E-state index in [0.717, 1.165) is 30.9 Å². The van der Waals surface area contributed by atoms with Gasteiger partial charge in [-0.05, 0) is 41.8 Å². The Morgan fingerprint density at radius 1 is 1.18 bits per heavy atom. The van der Waals surface area contributed by atoms with Crippen molar-refractivity contribution in [1.29, 1.82) is 5.41 Å². The average Bonchev–Trinajstić information content (AvgIpc) is 3.38. The van der Waals surface area contributed by atoms with Crippen LogP contribution in [0.4, 0.5) is 0 Å². The number of aromatic amines is 1. The van der Waals surface area contributed by atoms with Gasteiger partial charge in [0.2, 0.25) is 0 Å². The number of hydrogen-bond acceptors (Lipinski definition) is 4. The number of likely N-dealkylation sites (tertiary alicyclic amines) is 1. The van der Waals surface area contributed by atoms with Crippen LogP contribution in [0.5, 0.6) is 5.75 Å². The lowest BCUT2D eigenvalue weighted by atomic mass is 9.99. The van der Waals surface area contributed by atoms with E-state index in [4.69, 9.17) is 5.41 Å². The van der Waals surface area contributed by atoms with E-state index in [9.17, 15) is 5.11 Å². The van der Waals surface area contributed by atoms with Gasteiger partial charge in [-0.25, -0.2) is 4.98 Å². The first-order valence-corrected chi connectivity index (χ1v) is 9.43. The van der Waals surface area contributed by atoms with E-state index in [-0.39, 0.29) is 5.75 Å². The third-order valence-corrected chi connectivity index (χ3v) is 5.05. The highest BCUT2D eigenvalue weighted by atomic mass is 16.3. The van der Waals surface area contributed by atoms with Crippen molar-refractivity contribution in [2.45, 2.75) is 18.8 Å². The second-order valence-electron chi connectivity index (χ2n) is 7.04. The maximum absolute atomic E-state index is 9.35. The van der Waals surface area contributed by atoms with Crippen LogP contribution >= 0.6 is 0 Å². The van der Waals surface area contributed by atoms with Gasteiger partial charge in [-0.1, -0.05) is 42.5 Å². The van der Waals surface area contributed by atoms with E-state index in [2.05, 4.69) is 44.3 Å². The normalized spacial score (nSPS) is 16.7. The fourth-order valence-electron chi connectivity index (χ4n) is 3.51. The van der Waals surface area contributed by atoms with Gasteiger partial charge in [0.05, 0.1) is 0 Å². The molecule has 0 saturated carbocycles. The summed E-state index contributed by atoms with van der Waals surface area (Å²) in [6.45, 7) is 1.76. The SMILES string of the molecule is N=C(/C=C\c1n[nH]c(Cc2ccc(O)cc2)n1)N1CCC(c2ccccc2)C1. The van der Waals surface area contributed by atoms with E-state index in [0.29, 0.717) is 24.0 Å². The molecule has 4 rings (SSSR count). The van der Waals surface area contributed by atoms with Crippen LogP contribution in [0.3, 0.4) is 0 Å². The molecule has 6 heteroatoms. The van der Waals surface area contributed by atoms with Crippen molar-refractivity contribution in [3.05, 3.63) is 83.4 Å². The number of phenolic OH excluding ortho intramolecular Hbond substituents is 1. The van der Waals surface area contributed by atoms with E-state index < -0.39 is 0 Å². The van der Waals surface area contributed by atoms with Crippen molar-refractivity contribution in [3.63, 3.8) is 0 Å². The van der Waals surface area contributed by atoms with Crippen LogP contribution < -0.4 is 0 Å². The Bertz CT molecular complexity index is 962. The third kappa shape index (κ3) is 4.28. The van der Waals surface area contributed by atoms with Crippen LogP contribution in [-0.4, -0.2) is 44.1 Å². The monoisotopic (exact) mass is 373 g/mol. The molecule has 1 unspecified atom stereocenters. The number of nitrogens with one attached hydrogen (secondary N) is 2. The van der Waals surface area contributed by atoms with E-state index in [1.807, 2.05) is 18.2 Å². The molecule has 0 amide bonds. The van der Waals surface area contributed by atoms with Crippen molar-refractivity contribution in [3.8, 4) is 5.75 Å². The number of nitrogens with zero attached hydrogens (tertiary/aromatic N) is 3. The highest BCUT2D eigenvalue weighted by molar-refractivity contribution is 5.93. The zero-order valence-corrected chi connectivity index (χ0v) is 15.5. The molecule has 1 aliphatic rings. The number of H-pyrrole nitrogens is 1. The summed E-state index contributed by atoms with van der Waals surface area (Å²) in [5, 5.41) is 24.8. The van der Waals surface area contributed by atoms with Gasteiger partial charge in [-0.2, -0.15) is 5.10 Å². The van der Waals surface area contributed by atoms with Crippen LogP contribution in [0.15, 0.2) is 60.7 Å². The number of phenols is 1. The molecule has 1 fully saturated rings. The first kappa shape index (κ1) is 18.0. The van der Waals surface area contributed by atoms with Gasteiger partial charge >= 0.3 is 0 Å². The number of benzene rings is 2. The summed E-state index contributed by atoms with van der Waals surface area (Å²) < 4.78 is 0. The molecule has 0 bridgehead atoms. The molecule has 2 heterocycles. The second-order valence-corrected chi connectivity index (χ2v) is 7.04. The molecule has 1 aliphatic heterocycles. The Morgan fingerprint density at radius 2 is 1.96 bits per heavy atom. The summed E-state index contributed by atoms with van der Waals surface area (Å²) in [6, 6.07) is 17.5. The van der Waals surface area contributed by atoms with Crippen molar-refractivity contribution in [2.75, 3.05) is 13.1 Å². The predicted octanol–water partition coefficient (Wildman–Crippen LogP) is 3.58. The maximum Gasteiger partial charge on any atom is 0.174 e. The largest absolute Gasteiger partial charge is 0.508 e. The molecule has 1 saturated heterocycles. The summed E-state index contributed by atoms with van der Waals surface area (Å²) >= 11 is 0. The Balaban J connectivity index is 1.34. The smallest absolute Gasteiger partial charge is 0.174 e. The lowest BCUT2D eigenvalue weighted by molar-refractivity contribution is 0.475. The van der Waals surface area contributed by atoms with Crippen LogP contribution in [0.25, 0.3) is 6.08 Å². The topological polar surface area (TPSA) is 88.9 Å². The Kier molecular flexibility index (Phi) is 5.19. The molecule has 1 aromatic heterocycles. The summed E-state index contributed by atoms with van der Waals surface area (Å²) in [5.41, 5.74) is 2.39. The predicted molar refractivity (Wildman–Crippen MR) is 109 cm³/mol. The van der Waals surface area contributed by atoms with E-state index in [1.165, 1.54) is 5.56 Å². The first-order chi connectivity index (χ1) is 13.7. The second kappa shape index (κ2) is 8.08. The summed E-state index contributed by atoms with van der Waals surface area (Å²) in [4.78, 5) is 6.55. The van der Waals surface area contributed by atoms with Crippen LogP contribution in [0, 0.1) is 5.41 Å². The summed E-state index contributed by atoms with van der Waals surface area (Å²) in [5.74, 6) is 2.54. The molecule has 142 valence electrons. The zero-order valence-electron chi connectivity index (χ0n) is 15.5. The van der Waals surface area contributed by atoms with Crippen LogP contribution in [0.2, 0.25) is 0 Å². The van der Waals surface area contributed by atoms with Crippen LogP contribution in [0.1, 0.15) is 35.1 Å². The molecule has 3 N–H and O–H groups in total. The fraction of sp³-hybridized carbons (Fsp3) is 0.227. The maximum atomic E-state index is 9.35. The first-order valence-electron chi connectivity index (χ1n) is 9.43. The molecule has 0 aliphatic carbocycles. The molecule has 0 radical (unpaired) electrons. The van der Waals surface area contributed by atoms with Gasteiger partial charge in [0.1, 0.15) is 17.4 Å². The lowest BCUT2D eigenvalue weighted by Crippen LogP contribution is -2.25. The highest BCUT2D eigenvalue weighted by Crippen LogP contribution is 2.27. The highest BCUT2D eigenvalue weighted by Gasteiger charge is 2.24. The van der Waals surface area contributed by atoms with Gasteiger partial charge in [0.15, 0.2) is 5.82 Å². The minimum Gasteiger partial charge on any atom is -0.508 e. The quantitative estimate of drug-likeness (QED) is 0.471. The minimum atomic E-state index is 0.250. The lowest BCUT2D eigenvalue weighted by Gasteiger charge is -2.17. The summed E-state index contributed by atoms with van der Waals surface area (Å²) in [7, 11) is 0. The number of aromatic nitrogens is 3. The third-order valence-electron chi connectivity index (χ3n) is 5.05. The minimum absolute atomic E-state index is 0.250. The Labute approximate surface area is 164 Å². The van der Waals surface area contributed by atoms with Crippen molar-refractivity contribution < 1.29 is 5.11 Å². The molecule has 2 aromatic carbocycles. The fourth-order valence-corrected chi connectivity index (χ4v) is 3.51. The van der Waals surface area contributed by atoms with Crippen molar-refractivity contribution >= 4 is 11.9 Å². The molecular formula is C22H23N5O. The average molecular weight is 373 g/mol. The molecule has 1 atom stereocenters. The van der Waals surface area contributed by atoms with Gasteiger partial charge in [0, 0.05) is 25.4 Å². The van der Waals surface area contributed by atoms with Crippen LogP contribution in [-0.2, 0) is 6.42 Å². The molecule has 6 nitrogen and oxygen atoms in total. The Morgan fingerprint density at radius 3 is 2.75 bits per heavy atom. The van der Waals surface area contributed by atoms with Gasteiger partial charge < -0.3 is 10.0 Å². The van der Waals surface area contributed by atoms with Gasteiger partial charge in [0.25, 0.3) is 0 Å². The number of amidine groups is 1. The standard InChI is InChI=1S/C22H23N5O/c23-20(27-13-12-18(15-27)17-4-2-1-3-5-17)10-11-21-24-22(26-25-21)14-16-6-8-19(28)9-7-16/h1-11,18,23,28H,12-15H2,(H,24,25,26)/b11-10-,23-20?. The summed E-state index contributed by atoms with van der Waals surface area (Å²) in [6.07, 6.45) is 5.22. The zero-order chi connectivity index (χ0) is 19.3. The van der Waals surface area contributed by atoms with Gasteiger partial charge in [-0.3, -0.25) is 10.5 Å². The molecule has 3 aromatic rings. The molecular weight excluding hydrogens is 350 g/mol. The molecule has 0 spiro atoms. The van der Waals surface area contributed by atoms with Gasteiger partial charge in [-0.15, -0.1) is 0 Å². The van der Waals surface area contributed by atoms with E-state index in [1.54, 1.807) is 24.3 Å². The van der Waals surface area contributed by atoms with Crippen molar-refractivity contribution in [1.82, 2.24) is 20.1 Å².